The van der Waals surface area contributed by atoms with Crippen molar-refractivity contribution in [3.05, 3.63) is 67.8 Å². The Morgan fingerprint density at radius 1 is 1.40 bits per heavy atom. The molecule has 0 fully saturated rings. The van der Waals surface area contributed by atoms with E-state index in [1.54, 1.807) is 31.2 Å². The van der Waals surface area contributed by atoms with Gasteiger partial charge in [0.05, 0.1) is 12.1 Å². The fourth-order valence-corrected chi connectivity index (χ4v) is 2.36. The number of aromatic nitrogens is 1. The molecule has 0 aliphatic rings. The predicted molar refractivity (Wildman–Crippen MR) is 84.5 cm³/mol. The molecule has 2 rings (SSSR count). The van der Waals surface area contributed by atoms with Gasteiger partial charge in [-0.1, -0.05) is 34.2 Å². The molecule has 0 aliphatic carbocycles. The summed E-state index contributed by atoms with van der Waals surface area (Å²) < 4.78 is 16.0. The molecule has 0 aliphatic heterocycles. The summed E-state index contributed by atoms with van der Waals surface area (Å²) in [5.41, 5.74) is 6.62. The van der Waals surface area contributed by atoms with Gasteiger partial charge in [0, 0.05) is 15.7 Å². The zero-order valence-electron chi connectivity index (χ0n) is 10.7. The van der Waals surface area contributed by atoms with Crippen LogP contribution >= 0.6 is 28.1 Å². The van der Waals surface area contributed by atoms with Gasteiger partial charge < -0.3 is 10.3 Å². The molecule has 3 nitrogen and oxygen atoms in total. The minimum absolute atomic E-state index is 0.0417. The fraction of sp³-hybridized carbons (Fsp3) is 0.143. The van der Waals surface area contributed by atoms with E-state index in [0.29, 0.717) is 10.0 Å². The summed E-state index contributed by atoms with van der Waals surface area (Å²) >= 11 is 8.04. The molecule has 0 bridgehead atoms. The highest BCUT2D eigenvalue weighted by molar-refractivity contribution is 9.10. The second kappa shape index (κ2) is 5.85. The highest BCUT2D eigenvalue weighted by Crippen LogP contribution is 2.16. The maximum atomic E-state index is 13.9. The largest absolute Gasteiger partial charge is 0.389 e. The van der Waals surface area contributed by atoms with E-state index in [2.05, 4.69) is 15.9 Å². The quantitative estimate of drug-likeness (QED) is 0.862. The van der Waals surface area contributed by atoms with Crippen LogP contribution in [-0.4, -0.2) is 9.56 Å². The van der Waals surface area contributed by atoms with Gasteiger partial charge >= 0.3 is 0 Å². The predicted octanol–water partition coefficient (Wildman–Crippen LogP) is 2.74. The van der Waals surface area contributed by atoms with E-state index < -0.39 is 0 Å². The third-order valence-electron chi connectivity index (χ3n) is 3.00. The summed E-state index contributed by atoms with van der Waals surface area (Å²) in [6.45, 7) is 1.92. The molecule has 1 heterocycles. The zero-order valence-corrected chi connectivity index (χ0v) is 13.1. The summed E-state index contributed by atoms with van der Waals surface area (Å²) in [5, 5.41) is 0. The molecule has 20 heavy (non-hydrogen) atoms. The van der Waals surface area contributed by atoms with Gasteiger partial charge in [-0.3, -0.25) is 4.79 Å². The molecule has 0 saturated heterocycles. The second-order valence-corrected chi connectivity index (χ2v) is 5.74. The number of hydrogen-bond acceptors (Lipinski definition) is 2. The molecule has 6 heteroatoms. The van der Waals surface area contributed by atoms with E-state index in [0.717, 1.165) is 5.69 Å². The first kappa shape index (κ1) is 14.9. The summed E-state index contributed by atoms with van der Waals surface area (Å²) in [6.07, 6.45) is 0. The summed E-state index contributed by atoms with van der Waals surface area (Å²) in [4.78, 5) is 12.3. The Labute approximate surface area is 129 Å². The highest BCUT2D eigenvalue weighted by atomic mass is 79.9. The van der Waals surface area contributed by atoms with Gasteiger partial charge in [-0.15, -0.1) is 0 Å². The lowest BCUT2D eigenvalue weighted by atomic mass is 10.2. The Morgan fingerprint density at radius 2 is 2.10 bits per heavy atom. The lowest BCUT2D eigenvalue weighted by molar-refractivity contribution is 0.592. The number of aryl methyl sites for hydroxylation is 1. The van der Waals surface area contributed by atoms with Gasteiger partial charge in [-0.05, 0) is 31.2 Å². The van der Waals surface area contributed by atoms with Crippen LogP contribution in [-0.2, 0) is 6.54 Å². The van der Waals surface area contributed by atoms with Crippen molar-refractivity contribution in [3.8, 4) is 0 Å². The first-order chi connectivity index (χ1) is 9.40. The summed E-state index contributed by atoms with van der Waals surface area (Å²) in [5.74, 6) is -0.369. The van der Waals surface area contributed by atoms with Crippen LogP contribution in [0.4, 0.5) is 4.39 Å². The molecule has 104 valence electrons. The van der Waals surface area contributed by atoms with Crippen LogP contribution in [0.5, 0.6) is 0 Å². The lowest BCUT2D eigenvalue weighted by Crippen LogP contribution is -2.30. The molecule has 0 unspecified atom stereocenters. The molecule has 0 spiro atoms. The molecule has 2 N–H and O–H groups in total. The van der Waals surface area contributed by atoms with Crippen molar-refractivity contribution in [1.29, 1.82) is 0 Å². The van der Waals surface area contributed by atoms with Crippen molar-refractivity contribution in [3.63, 3.8) is 0 Å². The van der Waals surface area contributed by atoms with Gasteiger partial charge in [-0.25, -0.2) is 4.39 Å². The first-order valence-electron chi connectivity index (χ1n) is 5.84. The van der Waals surface area contributed by atoms with Crippen molar-refractivity contribution < 1.29 is 4.39 Å². The Kier molecular flexibility index (Phi) is 4.35. The third-order valence-corrected chi connectivity index (χ3v) is 3.71. The normalized spacial score (nSPS) is 10.6. The molecule has 0 saturated carbocycles. The summed E-state index contributed by atoms with van der Waals surface area (Å²) in [6, 6.07) is 8.07. The number of nitrogens with two attached hydrogens (primary N) is 1. The Morgan fingerprint density at radius 3 is 2.70 bits per heavy atom. The van der Waals surface area contributed by atoms with E-state index in [4.69, 9.17) is 18.0 Å². The molecule has 0 amide bonds. The minimum atomic E-state index is -0.369. The van der Waals surface area contributed by atoms with Gasteiger partial charge in [0.1, 0.15) is 10.8 Å². The molecule has 1 aromatic carbocycles. The number of thiocarbonyl (C=S) groups is 1. The van der Waals surface area contributed by atoms with Crippen LogP contribution in [0.2, 0.25) is 0 Å². The van der Waals surface area contributed by atoms with E-state index in [1.807, 2.05) is 0 Å². The maximum Gasteiger partial charge on any atom is 0.261 e. The number of rotatable bonds is 3. The van der Waals surface area contributed by atoms with Gasteiger partial charge in [0.25, 0.3) is 5.56 Å². The van der Waals surface area contributed by atoms with Crippen molar-refractivity contribution >= 4 is 33.1 Å². The van der Waals surface area contributed by atoms with Gasteiger partial charge in [0.15, 0.2) is 0 Å². The SMILES string of the molecule is Cc1ccc(C(N)=S)c(=O)n1Cc1ccc(Br)cc1F. The van der Waals surface area contributed by atoms with Crippen molar-refractivity contribution in [1.82, 2.24) is 4.57 Å². The maximum absolute atomic E-state index is 13.9. The van der Waals surface area contributed by atoms with Crippen LogP contribution in [0.1, 0.15) is 16.8 Å². The second-order valence-electron chi connectivity index (χ2n) is 4.38. The minimum Gasteiger partial charge on any atom is -0.389 e. The van der Waals surface area contributed by atoms with E-state index >= 15 is 0 Å². The van der Waals surface area contributed by atoms with Crippen molar-refractivity contribution in [2.45, 2.75) is 13.5 Å². The number of nitrogens with zero attached hydrogens (tertiary/aromatic N) is 1. The molecular formula is C14H12BrFN2OS. The van der Waals surface area contributed by atoms with Crippen LogP contribution in [0, 0.1) is 12.7 Å². The van der Waals surface area contributed by atoms with Gasteiger partial charge in [0.2, 0.25) is 0 Å². The monoisotopic (exact) mass is 354 g/mol. The van der Waals surface area contributed by atoms with Gasteiger partial charge in [-0.2, -0.15) is 0 Å². The molecule has 2 aromatic rings. The fourth-order valence-electron chi connectivity index (χ4n) is 1.88. The molecule has 0 atom stereocenters. The topological polar surface area (TPSA) is 48.0 Å². The standard InChI is InChI=1S/C14H12BrFN2OS/c1-8-2-5-11(13(17)20)14(19)18(8)7-9-3-4-10(15)6-12(9)16/h2-6H,7H2,1H3,(H2,17,20). The van der Waals surface area contributed by atoms with E-state index in [1.165, 1.54) is 10.6 Å². The van der Waals surface area contributed by atoms with Crippen molar-refractivity contribution in [2.24, 2.45) is 5.73 Å². The molecule has 1 aromatic heterocycles. The van der Waals surface area contributed by atoms with Crippen LogP contribution < -0.4 is 11.3 Å². The first-order valence-corrected chi connectivity index (χ1v) is 7.04. The zero-order chi connectivity index (χ0) is 14.9. The summed E-state index contributed by atoms with van der Waals surface area (Å²) in [7, 11) is 0. The average Bonchev–Trinajstić information content (AvgIpc) is 2.36. The Hall–Kier alpha value is -1.53. The molecular weight excluding hydrogens is 343 g/mol. The van der Waals surface area contributed by atoms with Crippen LogP contribution in [0.3, 0.4) is 0 Å². The Bertz CT molecular complexity index is 742. The van der Waals surface area contributed by atoms with Crippen LogP contribution in [0.15, 0.2) is 39.6 Å². The van der Waals surface area contributed by atoms with E-state index in [-0.39, 0.29) is 28.5 Å². The highest BCUT2D eigenvalue weighted by Gasteiger charge is 2.11. The number of pyridine rings is 1. The Balaban J connectivity index is 2.51. The molecule has 0 radical (unpaired) electrons. The van der Waals surface area contributed by atoms with E-state index in [9.17, 15) is 9.18 Å². The third kappa shape index (κ3) is 2.96. The smallest absolute Gasteiger partial charge is 0.261 e. The average molecular weight is 355 g/mol. The van der Waals surface area contributed by atoms with Crippen LogP contribution in [0.25, 0.3) is 0 Å². The van der Waals surface area contributed by atoms with Crippen molar-refractivity contribution in [2.75, 3.05) is 0 Å². The number of hydrogen-bond donors (Lipinski definition) is 1. The number of halogens is 2. The number of benzene rings is 1. The lowest BCUT2D eigenvalue weighted by Gasteiger charge is -2.12.